The maximum atomic E-state index is 12.8. The minimum atomic E-state index is 0.206. The number of nitrogens with zero attached hydrogens (tertiary/aromatic N) is 5. The highest BCUT2D eigenvalue weighted by Crippen LogP contribution is 2.55. The molecule has 6 nitrogen and oxygen atoms in total. The summed E-state index contributed by atoms with van der Waals surface area (Å²) in [7, 11) is 0. The minimum absolute atomic E-state index is 0.206. The van der Waals surface area contributed by atoms with Crippen molar-refractivity contribution >= 4 is 5.91 Å². The van der Waals surface area contributed by atoms with Gasteiger partial charge in [-0.3, -0.25) is 9.78 Å². The van der Waals surface area contributed by atoms with Crippen molar-refractivity contribution in [3.63, 3.8) is 0 Å². The summed E-state index contributed by atoms with van der Waals surface area (Å²) in [6.07, 6.45) is 9.37. The van der Waals surface area contributed by atoms with Crippen LogP contribution in [0.3, 0.4) is 0 Å². The number of pyridine rings is 1. The second kappa shape index (κ2) is 6.00. The Hall–Kier alpha value is -2.24. The summed E-state index contributed by atoms with van der Waals surface area (Å²) in [6, 6.07) is 3.83. The zero-order chi connectivity index (χ0) is 16.6. The van der Waals surface area contributed by atoms with Crippen molar-refractivity contribution in [1.82, 2.24) is 24.6 Å². The highest BCUT2D eigenvalue weighted by atomic mass is 16.2. The van der Waals surface area contributed by atoms with E-state index >= 15 is 0 Å². The molecule has 1 saturated carbocycles. The summed E-state index contributed by atoms with van der Waals surface area (Å²) in [5.41, 5.74) is 1.24. The lowest BCUT2D eigenvalue weighted by molar-refractivity contribution is -0.130. The first-order valence-corrected chi connectivity index (χ1v) is 8.76. The summed E-state index contributed by atoms with van der Waals surface area (Å²) < 4.78 is 2.13. The van der Waals surface area contributed by atoms with E-state index in [9.17, 15) is 4.79 Å². The van der Waals surface area contributed by atoms with Crippen molar-refractivity contribution in [1.29, 1.82) is 0 Å². The van der Waals surface area contributed by atoms with Gasteiger partial charge in [-0.15, -0.1) is 10.2 Å². The predicted octanol–water partition coefficient (Wildman–Crippen LogP) is 2.03. The third kappa shape index (κ3) is 2.50. The van der Waals surface area contributed by atoms with Crippen LogP contribution in [0.4, 0.5) is 0 Å². The Morgan fingerprint density at radius 2 is 2.12 bits per heavy atom. The summed E-state index contributed by atoms with van der Waals surface area (Å²) in [5, 5.41) is 8.49. The van der Waals surface area contributed by atoms with Gasteiger partial charge in [0.05, 0.1) is 6.42 Å². The number of rotatable bonds is 4. The molecule has 1 spiro atoms. The van der Waals surface area contributed by atoms with Gasteiger partial charge in [0.25, 0.3) is 0 Å². The van der Waals surface area contributed by atoms with Crippen LogP contribution in [0, 0.1) is 5.41 Å². The van der Waals surface area contributed by atoms with Gasteiger partial charge in [0.15, 0.2) is 0 Å². The molecule has 3 heterocycles. The second-order valence-electron chi connectivity index (χ2n) is 7.05. The first-order valence-electron chi connectivity index (χ1n) is 8.76. The lowest BCUT2D eigenvalue weighted by Gasteiger charge is -2.42. The van der Waals surface area contributed by atoms with Crippen LogP contribution in [-0.2, 0) is 17.8 Å². The molecule has 1 atom stereocenters. The number of likely N-dealkylation sites (tertiary alicyclic amines) is 1. The third-order valence-electron chi connectivity index (χ3n) is 5.75. The fourth-order valence-corrected chi connectivity index (χ4v) is 4.22. The zero-order valence-electron chi connectivity index (χ0n) is 14.1. The quantitative estimate of drug-likeness (QED) is 0.863. The molecule has 0 bridgehead atoms. The van der Waals surface area contributed by atoms with Gasteiger partial charge in [0.1, 0.15) is 12.2 Å². The number of aromatic nitrogens is 4. The summed E-state index contributed by atoms with van der Waals surface area (Å²) in [5.74, 6) is 1.57. The molecule has 6 heteroatoms. The average molecular weight is 325 g/mol. The molecule has 1 saturated heterocycles. The highest BCUT2D eigenvalue weighted by Gasteiger charge is 2.53. The average Bonchev–Trinajstić information content (AvgIpc) is 3.19. The number of amides is 1. The molecule has 1 amide bonds. The Kier molecular flexibility index (Phi) is 3.82. The van der Waals surface area contributed by atoms with E-state index in [1.54, 1.807) is 12.4 Å². The molecule has 2 aliphatic rings. The predicted molar refractivity (Wildman–Crippen MR) is 89.2 cm³/mol. The van der Waals surface area contributed by atoms with Gasteiger partial charge in [-0.25, -0.2) is 0 Å². The van der Waals surface area contributed by atoms with Crippen molar-refractivity contribution in [3.8, 4) is 0 Å². The van der Waals surface area contributed by atoms with Gasteiger partial charge in [0, 0.05) is 37.9 Å². The van der Waals surface area contributed by atoms with E-state index in [4.69, 9.17) is 0 Å². The number of hydrogen-bond acceptors (Lipinski definition) is 4. The second-order valence-corrected chi connectivity index (χ2v) is 7.05. The molecule has 1 aliphatic heterocycles. The van der Waals surface area contributed by atoms with Crippen molar-refractivity contribution in [3.05, 3.63) is 42.2 Å². The van der Waals surface area contributed by atoms with Crippen molar-refractivity contribution < 1.29 is 4.79 Å². The molecule has 1 unspecified atom stereocenters. The van der Waals surface area contributed by atoms with Crippen LogP contribution in [-0.4, -0.2) is 43.6 Å². The Balaban J connectivity index is 1.54. The van der Waals surface area contributed by atoms with Crippen LogP contribution in [0.5, 0.6) is 0 Å². The Labute approximate surface area is 141 Å². The van der Waals surface area contributed by atoms with Crippen molar-refractivity contribution in [2.75, 3.05) is 13.1 Å². The maximum Gasteiger partial charge on any atom is 0.227 e. The number of aryl methyl sites for hydroxylation is 1. The van der Waals surface area contributed by atoms with Crippen molar-refractivity contribution in [2.45, 2.75) is 45.1 Å². The van der Waals surface area contributed by atoms with Gasteiger partial charge < -0.3 is 9.47 Å². The normalized spacial score (nSPS) is 21.9. The summed E-state index contributed by atoms with van der Waals surface area (Å²) in [6.45, 7) is 4.61. The monoisotopic (exact) mass is 325 g/mol. The number of carbonyl (C=O) groups excluding carboxylic acids is 1. The Morgan fingerprint density at radius 3 is 2.79 bits per heavy atom. The van der Waals surface area contributed by atoms with E-state index in [1.165, 1.54) is 19.3 Å². The molecular weight excluding hydrogens is 302 g/mol. The van der Waals surface area contributed by atoms with Gasteiger partial charge >= 0.3 is 0 Å². The van der Waals surface area contributed by atoms with Crippen LogP contribution in [0.25, 0.3) is 0 Å². The minimum Gasteiger partial charge on any atom is -0.341 e. The fraction of sp³-hybridized carbons (Fsp3) is 0.556. The van der Waals surface area contributed by atoms with E-state index in [2.05, 4.69) is 26.7 Å². The van der Waals surface area contributed by atoms with Crippen LogP contribution < -0.4 is 0 Å². The third-order valence-corrected chi connectivity index (χ3v) is 5.75. The van der Waals surface area contributed by atoms with Crippen LogP contribution >= 0.6 is 0 Å². The summed E-state index contributed by atoms with van der Waals surface area (Å²) >= 11 is 0. The van der Waals surface area contributed by atoms with Gasteiger partial charge in [0.2, 0.25) is 5.91 Å². The van der Waals surface area contributed by atoms with E-state index < -0.39 is 0 Å². The molecular formula is C18H23N5O. The van der Waals surface area contributed by atoms with E-state index in [-0.39, 0.29) is 11.3 Å². The molecule has 4 rings (SSSR count). The number of carbonyl (C=O) groups is 1. The molecule has 24 heavy (non-hydrogen) atoms. The van der Waals surface area contributed by atoms with E-state index in [0.29, 0.717) is 12.3 Å². The summed E-state index contributed by atoms with van der Waals surface area (Å²) in [4.78, 5) is 18.8. The lowest BCUT2D eigenvalue weighted by Crippen LogP contribution is -2.38. The Morgan fingerprint density at radius 1 is 1.33 bits per heavy atom. The largest absolute Gasteiger partial charge is 0.341 e. The highest BCUT2D eigenvalue weighted by molar-refractivity contribution is 5.79. The standard InChI is InChI=1S/C18H23N5O/c1-2-22-13-20-21-17(22)15-11-23(12-18(15)6-3-7-18)16(24)10-14-4-8-19-9-5-14/h4-5,8-9,13,15H,2-3,6-7,10-12H2,1H3. The first kappa shape index (κ1) is 15.3. The van der Waals surface area contributed by atoms with Crippen LogP contribution in [0.15, 0.2) is 30.9 Å². The van der Waals surface area contributed by atoms with Crippen LogP contribution in [0.2, 0.25) is 0 Å². The van der Waals surface area contributed by atoms with Gasteiger partial charge in [-0.1, -0.05) is 6.42 Å². The maximum absolute atomic E-state index is 12.8. The Bertz CT molecular complexity index is 722. The van der Waals surface area contributed by atoms with Gasteiger partial charge in [-0.2, -0.15) is 0 Å². The molecule has 2 aromatic heterocycles. The van der Waals surface area contributed by atoms with Gasteiger partial charge in [-0.05, 0) is 42.9 Å². The fourth-order valence-electron chi connectivity index (χ4n) is 4.22. The molecule has 2 aromatic rings. The van der Waals surface area contributed by atoms with Crippen molar-refractivity contribution in [2.24, 2.45) is 5.41 Å². The molecule has 1 aliphatic carbocycles. The molecule has 0 N–H and O–H groups in total. The first-order chi connectivity index (χ1) is 11.7. The molecule has 0 aromatic carbocycles. The smallest absolute Gasteiger partial charge is 0.227 e. The number of hydrogen-bond donors (Lipinski definition) is 0. The lowest BCUT2D eigenvalue weighted by atomic mass is 9.62. The topological polar surface area (TPSA) is 63.9 Å². The molecule has 0 radical (unpaired) electrons. The molecule has 2 fully saturated rings. The zero-order valence-corrected chi connectivity index (χ0v) is 14.1. The van der Waals surface area contributed by atoms with E-state index in [0.717, 1.165) is 31.0 Å². The molecule has 126 valence electrons. The van der Waals surface area contributed by atoms with E-state index in [1.807, 2.05) is 23.4 Å². The van der Waals surface area contributed by atoms with Crippen LogP contribution in [0.1, 0.15) is 43.5 Å². The SMILES string of the molecule is CCn1cnnc1C1CN(C(=O)Cc2ccncc2)CC12CCC2.